The standard InChI is InChI=1S/C21H32N2O3S/c1-3-14-27(25,26)23-13-7-10-19(23)20(24)22-16-21(11-4-5-12-21)18-9-6-8-17(2)15-18/h6,8-9,15,19H,3-5,7,10-14,16H2,1-2H3,(H,22,24). The highest BCUT2D eigenvalue weighted by atomic mass is 32.2. The summed E-state index contributed by atoms with van der Waals surface area (Å²) in [6.07, 6.45) is 6.42. The number of nitrogens with one attached hydrogen (secondary N) is 1. The zero-order valence-electron chi connectivity index (χ0n) is 16.5. The van der Waals surface area contributed by atoms with Gasteiger partial charge in [0.2, 0.25) is 15.9 Å². The van der Waals surface area contributed by atoms with Gasteiger partial charge >= 0.3 is 0 Å². The summed E-state index contributed by atoms with van der Waals surface area (Å²) >= 11 is 0. The molecule has 1 unspecified atom stereocenters. The van der Waals surface area contributed by atoms with Gasteiger partial charge in [-0.15, -0.1) is 0 Å². The number of hydrogen-bond acceptors (Lipinski definition) is 3. The van der Waals surface area contributed by atoms with Gasteiger partial charge in [-0.25, -0.2) is 8.42 Å². The largest absolute Gasteiger partial charge is 0.354 e. The van der Waals surface area contributed by atoms with Gasteiger partial charge in [0.1, 0.15) is 6.04 Å². The lowest BCUT2D eigenvalue weighted by molar-refractivity contribution is -0.124. The van der Waals surface area contributed by atoms with E-state index in [9.17, 15) is 13.2 Å². The zero-order valence-corrected chi connectivity index (χ0v) is 17.4. The third kappa shape index (κ3) is 4.37. The maximum absolute atomic E-state index is 12.9. The number of hydrogen-bond donors (Lipinski definition) is 1. The molecule has 6 heteroatoms. The van der Waals surface area contributed by atoms with Crippen molar-refractivity contribution in [3.63, 3.8) is 0 Å². The molecule has 0 aromatic heterocycles. The number of carbonyl (C=O) groups excluding carboxylic acids is 1. The van der Waals surface area contributed by atoms with Crippen molar-refractivity contribution in [1.82, 2.24) is 9.62 Å². The van der Waals surface area contributed by atoms with E-state index in [0.29, 0.717) is 25.9 Å². The number of sulfonamides is 1. The number of rotatable bonds is 7. The fourth-order valence-corrected chi connectivity index (χ4v) is 6.43. The zero-order chi connectivity index (χ0) is 19.5. The van der Waals surface area contributed by atoms with E-state index < -0.39 is 16.1 Å². The van der Waals surface area contributed by atoms with Crippen LogP contribution in [0.3, 0.4) is 0 Å². The number of nitrogens with zero attached hydrogens (tertiary/aromatic N) is 1. The van der Waals surface area contributed by atoms with Crippen LogP contribution in [0, 0.1) is 6.92 Å². The topological polar surface area (TPSA) is 66.5 Å². The molecule has 1 saturated carbocycles. The first kappa shape index (κ1) is 20.3. The predicted octanol–water partition coefficient (Wildman–Crippen LogP) is 3.13. The summed E-state index contributed by atoms with van der Waals surface area (Å²) in [4.78, 5) is 12.9. The Labute approximate surface area is 163 Å². The Morgan fingerprint density at radius 1 is 1.26 bits per heavy atom. The summed E-state index contributed by atoms with van der Waals surface area (Å²) in [7, 11) is -3.34. The van der Waals surface area contributed by atoms with Crippen LogP contribution >= 0.6 is 0 Å². The van der Waals surface area contributed by atoms with Crippen molar-refractivity contribution in [1.29, 1.82) is 0 Å². The van der Waals surface area contributed by atoms with E-state index in [1.54, 1.807) is 0 Å². The Morgan fingerprint density at radius 2 is 2.00 bits per heavy atom. The minimum Gasteiger partial charge on any atom is -0.354 e. The van der Waals surface area contributed by atoms with Crippen molar-refractivity contribution in [3.05, 3.63) is 35.4 Å². The summed E-state index contributed by atoms with van der Waals surface area (Å²) in [5, 5.41) is 3.12. The van der Waals surface area contributed by atoms with Gasteiger partial charge in [-0.3, -0.25) is 4.79 Å². The van der Waals surface area contributed by atoms with Crippen molar-refractivity contribution in [2.45, 2.75) is 70.3 Å². The van der Waals surface area contributed by atoms with E-state index in [-0.39, 0.29) is 17.1 Å². The third-order valence-corrected chi connectivity index (χ3v) is 8.19. The molecule has 5 nitrogen and oxygen atoms in total. The molecule has 1 aliphatic carbocycles. The van der Waals surface area contributed by atoms with Gasteiger partial charge in [0.05, 0.1) is 5.75 Å². The molecule has 0 radical (unpaired) electrons. The second kappa shape index (κ2) is 8.31. The lowest BCUT2D eigenvalue weighted by Gasteiger charge is -2.31. The van der Waals surface area contributed by atoms with Crippen LogP contribution in [0.5, 0.6) is 0 Å². The van der Waals surface area contributed by atoms with E-state index in [1.807, 2.05) is 6.92 Å². The van der Waals surface area contributed by atoms with Crippen molar-refractivity contribution < 1.29 is 13.2 Å². The highest BCUT2D eigenvalue weighted by Crippen LogP contribution is 2.41. The molecular formula is C21H32N2O3S. The van der Waals surface area contributed by atoms with Crippen LogP contribution < -0.4 is 5.32 Å². The predicted molar refractivity (Wildman–Crippen MR) is 108 cm³/mol. The molecule has 2 aliphatic rings. The number of benzene rings is 1. The van der Waals surface area contributed by atoms with E-state index in [4.69, 9.17) is 0 Å². The van der Waals surface area contributed by atoms with E-state index in [2.05, 4.69) is 36.5 Å². The summed E-state index contributed by atoms with van der Waals surface area (Å²) in [6, 6.07) is 8.03. The molecular weight excluding hydrogens is 360 g/mol. The Kier molecular flexibility index (Phi) is 6.26. The summed E-state index contributed by atoms with van der Waals surface area (Å²) < 4.78 is 26.4. The highest BCUT2D eigenvalue weighted by Gasteiger charge is 2.40. The third-order valence-electron chi connectivity index (χ3n) is 6.12. The van der Waals surface area contributed by atoms with Crippen LogP contribution in [0.25, 0.3) is 0 Å². The van der Waals surface area contributed by atoms with Gasteiger partial charge < -0.3 is 5.32 Å². The number of carbonyl (C=O) groups is 1. The maximum atomic E-state index is 12.9. The first-order valence-electron chi connectivity index (χ1n) is 10.2. The monoisotopic (exact) mass is 392 g/mol. The van der Waals surface area contributed by atoms with Gasteiger partial charge in [0.25, 0.3) is 0 Å². The molecule has 1 amide bonds. The molecule has 0 spiro atoms. The van der Waals surface area contributed by atoms with Crippen molar-refractivity contribution >= 4 is 15.9 Å². The quantitative estimate of drug-likeness (QED) is 0.775. The highest BCUT2D eigenvalue weighted by molar-refractivity contribution is 7.89. The Morgan fingerprint density at radius 3 is 2.67 bits per heavy atom. The van der Waals surface area contributed by atoms with E-state index >= 15 is 0 Å². The maximum Gasteiger partial charge on any atom is 0.238 e. The molecule has 1 aromatic carbocycles. The molecule has 1 aromatic rings. The minimum atomic E-state index is -3.34. The molecule has 1 saturated heterocycles. The Hall–Kier alpha value is -1.40. The van der Waals surface area contributed by atoms with Gasteiger partial charge in [0, 0.05) is 18.5 Å². The first-order chi connectivity index (χ1) is 12.9. The lowest BCUT2D eigenvalue weighted by atomic mass is 9.78. The number of amides is 1. The summed E-state index contributed by atoms with van der Waals surface area (Å²) in [5.41, 5.74) is 2.51. The van der Waals surface area contributed by atoms with Crippen molar-refractivity contribution in [2.24, 2.45) is 0 Å². The van der Waals surface area contributed by atoms with Gasteiger partial charge in [0.15, 0.2) is 0 Å². The molecule has 3 rings (SSSR count). The minimum absolute atomic E-state index is 0.0204. The van der Waals surface area contributed by atoms with Crippen LogP contribution in [0.15, 0.2) is 24.3 Å². The second-order valence-electron chi connectivity index (χ2n) is 8.16. The Bertz CT molecular complexity index is 769. The van der Waals surface area contributed by atoms with Crippen LogP contribution in [0.1, 0.15) is 63.0 Å². The molecule has 1 N–H and O–H groups in total. The molecule has 1 atom stereocenters. The first-order valence-corrected chi connectivity index (χ1v) is 11.8. The molecule has 0 bridgehead atoms. The van der Waals surface area contributed by atoms with Crippen LogP contribution in [0.4, 0.5) is 0 Å². The number of aryl methyl sites for hydroxylation is 1. The lowest BCUT2D eigenvalue weighted by Crippen LogP contribution is -2.49. The van der Waals surface area contributed by atoms with Gasteiger partial charge in [-0.1, -0.05) is 49.6 Å². The van der Waals surface area contributed by atoms with Crippen LogP contribution in [-0.2, 0) is 20.2 Å². The average molecular weight is 393 g/mol. The fourth-order valence-electron chi connectivity index (χ4n) is 4.68. The summed E-state index contributed by atoms with van der Waals surface area (Å²) in [5.74, 6) is -0.0181. The fraction of sp³-hybridized carbons (Fsp3) is 0.667. The molecule has 1 aliphatic heterocycles. The van der Waals surface area contributed by atoms with E-state index in [1.165, 1.54) is 28.3 Å². The SMILES string of the molecule is CCCS(=O)(=O)N1CCCC1C(=O)NCC1(c2cccc(C)c2)CCCC1. The average Bonchev–Trinajstić information content (AvgIpc) is 3.30. The molecule has 2 fully saturated rings. The van der Waals surface area contributed by atoms with Crippen molar-refractivity contribution in [3.8, 4) is 0 Å². The normalized spacial score (nSPS) is 22.8. The van der Waals surface area contributed by atoms with E-state index in [0.717, 1.165) is 19.3 Å². The molecule has 27 heavy (non-hydrogen) atoms. The van der Waals surface area contributed by atoms with Gasteiger partial charge in [-0.2, -0.15) is 4.31 Å². The second-order valence-corrected chi connectivity index (χ2v) is 10.2. The Balaban J connectivity index is 1.71. The van der Waals surface area contributed by atoms with Gasteiger partial charge in [-0.05, 0) is 44.6 Å². The molecule has 150 valence electrons. The van der Waals surface area contributed by atoms with Crippen LogP contribution in [0.2, 0.25) is 0 Å². The smallest absolute Gasteiger partial charge is 0.238 e. The van der Waals surface area contributed by atoms with Crippen LogP contribution in [-0.4, -0.2) is 43.5 Å². The molecule has 1 heterocycles. The summed E-state index contributed by atoms with van der Waals surface area (Å²) in [6.45, 7) is 5.00. The van der Waals surface area contributed by atoms with Crippen molar-refractivity contribution in [2.75, 3.05) is 18.8 Å².